The Morgan fingerprint density at radius 3 is 2.72 bits per heavy atom. The minimum atomic E-state index is -0.249. The van der Waals surface area contributed by atoms with E-state index in [9.17, 15) is 4.79 Å². The first-order valence-electron chi connectivity index (χ1n) is 8.21. The molecule has 2 aromatic carbocycles. The number of nitrogens with one attached hydrogen (secondary N) is 2. The lowest BCUT2D eigenvalue weighted by Crippen LogP contribution is -2.11. The van der Waals surface area contributed by atoms with Crippen molar-refractivity contribution in [3.63, 3.8) is 0 Å². The zero-order chi connectivity index (χ0) is 17.6. The van der Waals surface area contributed by atoms with Crippen molar-refractivity contribution >= 4 is 28.3 Å². The smallest absolute Gasteiger partial charge is 0.247 e. The van der Waals surface area contributed by atoms with Gasteiger partial charge in [-0.3, -0.25) is 4.79 Å². The molecule has 0 saturated carbocycles. The lowest BCUT2D eigenvalue weighted by atomic mass is 10.0. The van der Waals surface area contributed by atoms with Crippen LogP contribution in [0.1, 0.15) is 24.9 Å². The minimum Gasteiger partial charge on any atom is -0.363 e. The minimum absolute atomic E-state index is 0.144. The van der Waals surface area contributed by atoms with Crippen LogP contribution < -0.4 is 10.6 Å². The molecule has 2 N–H and O–H groups in total. The number of anilines is 2. The maximum atomic E-state index is 11.5. The zero-order valence-electron chi connectivity index (χ0n) is 14.1. The fourth-order valence-electron chi connectivity index (χ4n) is 2.71. The van der Waals surface area contributed by atoms with Gasteiger partial charge in [0.05, 0.1) is 11.6 Å². The summed E-state index contributed by atoms with van der Waals surface area (Å²) in [6, 6.07) is 16.0. The van der Waals surface area contributed by atoms with E-state index in [2.05, 4.69) is 46.2 Å². The number of carbonyl (C=O) groups is 1. The van der Waals surface area contributed by atoms with Gasteiger partial charge in [-0.05, 0) is 36.3 Å². The van der Waals surface area contributed by atoms with Crippen LogP contribution in [0.2, 0.25) is 0 Å². The fraction of sp³-hybridized carbons (Fsp3) is 0.150. The van der Waals surface area contributed by atoms with Crippen LogP contribution in [0, 0.1) is 0 Å². The molecule has 25 heavy (non-hydrogen) atoms. The maximum absolute atomic E-state index is 11.5. The Bertz CT molecular complexity index is 893. The Kier molecular flexibility index (Phi) is 5.04. The summed E-state index contributed by atoms with van der Waals surface area (Å²) < 4.78 is 0. The largest absolute Gasteiger partial charge is 0.363 e. The van der Waals surface area contributed by atoms with Crippen molar-refractivity contribution in [1.29, 1.82) is 0 Å². The fourth-order valence-corrected chi connectivity index (χ4v) is 2.71. The number of carbonyl (C=O) groups excluding carboxylic acids is 1. The highest BCUT2D eigenvalue weighted by Gasteiger charge is 2.12. The standard InChI is InChI=1S/C20H20N4O/c1-3-17(14-8-6-5-7-9-14)24-20-16-12-15(23-19(25)4-2)10-11-18(16)21-13-22-20/h4-13,17H,2-3H2,1H3,(H,23,25)(H,21,22,24)/t17-/m1/s1. The molecule has 0 aliphatic heterocycles. The van der Waals surface area contributed by atoms with Gasteiger partial charge in [-0.2, -0.15) is 0 Å². The average Bonchev–Trinajstić information content (AvgIpc) is 2.66. The summed E-state index contributed by atoms with van der Waals surface area (Å²) in [7, 11) is 0. The summed E-state index contributed by atoms with van der Waals surface area (Å²) in [6.45, 7) is 5.60. The van der Waals surface area contributed by atoms with E-state index in [-0.39, 0.29) is 11.9 Å². The number of amides is 1. The zero-order valence-corrected chi connectivity index (χ0v) is 14.1. The lowest BCUT2D eigenvalue weighted by Gasteiger charge is -2.19. The molecule has 3 rings (SSSR count). The maximum Gasteiger partial charge on any atom is 0.247 e. The van der Waals surface area contributed by atoms with Crippen molar-refractivity contribution in [2.24, 2.45) is 0 Å². The Labute approximate surface area is 146 Å². The van der Waals surface area contributed by atoms with Gasteiger partial charge in [0, 0.05) is 11.1 Å². The van der Waals surface area contributed by atoms with Gasteiger partial charge in [0.15, 0.2) is 0 Å². The molecule has 1 heterocycles. The quantitative estimate of drug-likeness (QED) is 0.660. The molecule has 0 aliphatic rings. The van der Waals surface area contributed by atoms with E-state index in [1.54, 1.807) is 6.33 Å². The van der Waals surface area contributed by atoms with Crippen LogP contribution in [-0.4, -0.2) is 15.9 Å². The van der Waals surface area contributed by atoms with Crippen molar-refractivity contribution in [3.05, 3.63) is 73.1 Å². The van der Waals surface area contributed by atoms with Gasteiger partial charge < -0.3 is 10.6 Å². The number of fused-ring (bicyclic) bond motifs is 1. The summed E-state index contributed by atoms with van der Waals surface area (Å²) in [5.74, 6) is 0.497. The van der Waals surface area contributed by atoms with Crippen molar-refractivity contribution in [3.8, 4) is 0 Å². The first-order valence-corrected chi connectivity index (χ1v) is 8.21. The van der Waals surface area contributed by atoms with Gasteiger partial charge in [-0.25, -0.2) is 9.97 Å². The summed E-state index contributed by atoms with van der Waals surface area (Å²) in [5, 5.41) is 7.13. The average molecular weight is 332 g/mol. The van der Waals surface area contributed by atoms with E-state index in [1.165, 1.54) is 11.6 Å². The molecule has 0 aliphatic carbocycles. The Hall–Kier alpha value is -3.21. The Morgan fingerprint density at radius 1 is 1.20 bits per heavy atom. The molecule has 0 saturated heterocycles. The van der Waals surface area contributed by atoms with Crippen molar-refractivity contribution < 1.29 is 4.79 Å². The predicted octanol–water partition coefficient (Wildman–Crippen LogP) is 4.32. The number of hydrogen-bond donors (Lipinski definition) is 2. The molecule has 0 spiro atoms. The number of rotatable bonds is 6. The van der Waals surface area contributed by atoms with Crippen LogP contribution in [0.15, 0.2) is 67.5 Å². The molecule has 0 radical (unpaired) electrons. The predicted molar refractivity (Wildman–Crippen MR) is 101 cm³/mol. The van der Waals surface area contributed by atoms with E-state index in [1.807, 2.05) is 36.4 Å². The van der Waals surface area contributed by atoms with Crippen LogP contribution in [-0.2, 0) is 4.79 Å². The van der Waals surface area contributed by atoms with Crippen LogP contribution in [0.5, 0.6) is 0 Å². The molecule has 1 amide bonds. The van der Waals surface area contributed by atoms with Crippen LogP contribution in [0.25, 0.3) is 10.9 Å². The Balaban J connectivity index is 1.96. The third-order valence-electron chi connectivity index (χ3n) is 4.01. The number of nitrogens with zero attached hydrogens (tertiary/aromatic N) is 2. The topological polar surface area (TPSA) is 66.9 Å². The third-order valence-corrected chi connectivity index (χ3v) is 4.01. The highest BCUT2D eigenvalue weighted by molar-refractivity contribution is 6.01. The molecule has 0 bridgehead atoms. The molecular formula is C20H20N4O. The molecule has 0 fully saturated rings. The molecule has 1 aromatic heterocycles. The molecule has 5 nitrogen and oxygen atoms in total. The van der Waals surface area contributed by atoms with Crippen molar-refractivity contribution in [2.75, 3.05) is 10.6 Å². The van der Waals surface area contributed by atoms with Crippen LogP contribution >= 0.6 is 0 Å². The summed E-state index contributed by atoms with van der Waals surface area (Å²) in [4.78, 5) is 20.2. The first kappa shape index (κ1) is 16.6. The summed E-state index contributed by atoms with van der Waals surface area (Å²) >= 11 is 0. The highest BCUT2D eigenvalue weighted by atomic mass is 16.1. The highest BCUT2D eigenvalue weighted by Crippen LogP contribution is 2.27. The van der Waals surface area contributed by atoms with Crippen LogP contribution in [0.3, 0.4) is 0 Å². The normalized spacial score (nSPS) is 11.7. The van der Waals surface area contributed by atoms with Crippen LogP contribution in [0.4, 0.5) is 11.5 Å². The van der Waals surface area contributed by atoms with Gasteiger partial charge in [0.2, 0.25) is 5.91 Å². The van der Waals surface area contributed by atoms with E-state index < -0.39 is 0 Å². The van der Waals surface area contributed by atoms with Gasteiger partial charge in [0.1, 0.15) is 12.1 Å². The third kappa shape index (κ3) is 3.83. The van der Waals surface area contributed by atoms with E-state index in [4.69, 9.17) is 0 Å². The van der Waals surface area contributed by atoms with Gasteiger partial charge in [-0.1, -0.05) is 43.8 Å². The second kappa shape index (κ2) is 7.57. The Morgan fingerprint density at radius 2 is 2.00 bits per heavy atom. The van der Waals surface area contributed by atoms with E-state index >= 15 is 0 Å². The number of aromatic nitrogens is 2. The lowest BCUT2D eigenvalue weighted by molar-refractivity contribution is -0.111. The second-order valence-electron chi connectivity index (χ2n) is 5.66. The molecular weight excluding hydrogens is 312 g/mol. The van der Waals surface area contributed by atoms with Gasteiger partial charge >= 0.3 is 0 Å². The molecule has 0 unspecified atom stereocenters. The van der Waals surface area contributed by atoms with Crippen molar-refractivity contribution in [2.45, 2.75) is 19.4 Å². The molecule has 3 aromatic rings. The van der Waals surface area contributed by atoms with Gasteiger partial charge in [0.25, 0.3) is 0 Å². The molecule has 126 valence electrons. The first-order chi connectivity index (χ1) is 12.2. The number of hydrogen-bond acceptors (Lipinski definition) is 4. The molecule has 1 atom stereocenters. The monoisotopic (exact) mass is 332 g/mol. The van der Waals surface area contributed by atoms with Crippen molar-refractivity contribution in [1.82, 2.24) is 9.97 Å². The SMILES string of the molecule is C=CC(=O)Nc1ccc2ncnc(N[C@H](CC)c3ccccc3)c2c1. The molecule has 5 heteroatoms. The van der Waals surface area contributed by atoms with E-state index in [0.29, 0.717) is 5.69 Å². The summed E-state index contributed by atoms with van der Waals surface area (Å²) in [5.41, 5.74) is 2.70. The van der Waals surface area contributed by atoms with E-state index in [0.717, 1.165) is 23.1 Å². The summed E-state index contributed by atoms with van der Waals surface area (Å²) in [6.07, 6.45) is 3.71. The second-order valence-corrected chi connectivity index (χ2v) is 5.66. The van der Waals surface area contributed by atoms with Gasteiger partial charge in [-0.15, -0.1) is 0 Å². The number of benzene rings is 2.